The van der Waals surface area contributed by atoms with E-state index >= 15 is 0 Å². The lowest BCUT2D eigenvalue weighted by Gasteiger charge is -2.06. The van der Waals surface area contributed by atoms with Crippen LogP contribution in [0.5, 0.6) is 5.75 Å². The molecule has 0 aromatic heterocycles. The summed E-state index contributed by atoms with van der Waals surface area (Å²) in [5.74, 6) is 0.652. The largest absolute Gasteiger partial charge is 0.489 e. The quantitative estimate of drug-likeness (QED) is 0.590. The van der Waals surface area contributed by atoms with Crippen molar-refractivity contribution in [3.63, 3.8) is 0 Å². The highest BCUT2D eigenvalue weighted by Crippen LogP contribution is 2.22. The van der Waals surface area contributed by atoms with Gasteiger partial charge in [0.15, 0.2) is 0 Å². The molecule has 0 atom stereocenters. The van der Waals surface area contributed by atoms with Crippen LogP contribution in [0.2, 0.25) is 0 Å². The number of rotatable bonds is 6. The summed E-state index contributed by atoms with van der Waals surface area (Å²) < 4.78 is 30.5. The van der Waals surface area contributed by atoms with E-state index in [4.69, 9.17) is 4.74 Å². The highest BCUT2D eigenvalue weighted by Gasteiger charge is 2.20. The molecule has 0 heterocycles. The Bertz CT molecular complexity index is 890. The van der Waals surface area contributed by atoms with Crippen molar-refractivity contribution in [3.05, 3.63) is 77.2 Å². The smallest absolute Gasteiger partial charge is 0.216 e. The fraction of sp³-hybridized carbons (Fsp3) is 0.105. The van der Waals surface area contributed by atoms with Gasteiger partial charge in [-0.25, -0.2) is 8.42 Å². The van der Waals surface area contributed by atoms with Gasteiger partial charge >= 0.3 is 0 Å². The summed E-state index contributed by atoms with van der Waals surface area (Å²) in [5.41, 5.74) is 1.51. The van der Waals surface area contributed by atoms with Crippen LogP contribution in [0.15, 0.2) is 76.5 Å². The fourth-order valence-electron chi connectivity index (χ4n) is 1.91. The van der Waals surface area contributed by atoms with E-state index in [-0.39, 0.29) is 9.80 Å². The average molecular weight is 339 g/mol. The molecule has 0 spiro atoms. The number of nitrogens with zero attached hydrogens (tertiary/aromatic N) is 1. The number of nitriles is 1. The van der Waals surface area contributed by atoms with Crippen molar-refractivity contribution >= 4 is 15.9 Å². The second-order valence-corrected chi connectivity index (χ2v) is 7.17. The lowest BCUT2D eigenvalue weighted by molar-refractivity contribution is 0.352. The van der Waals surface area contributed by atoms with Crippen molar-refractivity contribution in [2.24, 2.45) is 0 Å². The van der Waals surface area contributed by atoms with Crippen LogP contribution in [0, 0.1) is 11.3 Å². The first-order valence-electron chi connectivity index (χ1n) is 7.22. The van der Waals surface area contributed by atoms with E-state index in [1.54, 1.807) is 48.5 Å². The Balaban J connectivity index is 2.28. The van der Waals surface area contributed by atoms with E-state index in [1.807, 2.05) is 6.92 Å². The molecular weight excluding hydrogens is 322 g/mol. The molecule has 5 heteroatoms. The molecule has 0 bridgehead atoms. The molecule has 0 radical (unpaired) electrons. The molecule has 0 saturated carbocycles. The summed E-state index contributed by atoms with van der Waals surface area (Å²) in [5, 5.41) is 9.25. The number of sulfone groups is 1. The van der Waals surface area contributed by atoms with Crippen molar-refractivity contribution in [2.75, 3.05) is 6.61 Å². The lowest BCUT2D eigenvalue weighted by Crippen LogP contribution is -2.03. The Hall–Kier alpha value is -2.84. The first-order chi connectivity index (χ1) is 11.4. The lowest BCUT2D eigenvalue weighted by atomic mass is 10.2. The van der Waals surface area contributed by atoms with Crippen LogP contribution >= 0.6 is 0 Å². The average Bonchev–Trinajstić information content (AvgIpc) is 2.59. The number of allylic oxidation sites excluding steroid dienone is 1. The highest BCUT2D eigenvalue weighted by molar-refractivity contribution is 7.95. The van der Waals surface area contributed by atoms with Crippen LogP contribution in [0.25, 0.3) is 6.08 Å². The molecule has 2 aromatic rings. The summed E-state index contributed by atoms with van der Waals surface area (Å²) in [6, 6.07) is 16.5. The Morgan fingerprint density at radius 2 is 1.79 bits per heavy atom. The highest BCUT2D eigenvalue weighted by atomic mass is 32.2. The fourth-order valence-corrected chi connectivity index (χ4v) is 3.10. The first-order valence-corrected chi connectivity index (χ1v) is 8.71. The number of ether oxygens (including phenoxy) is 1. The SMILES string of the molecule is C=C(C)COc1ccc(C=C(C#N)S(=O)(=O)c2ccccc2)cc1. The molecule has 0 saturated heterocycles. The van der Waals surface area contributed by atoms with Crippen molar-refractivity contribution in [1.82, 2.24) is 0 Å². The summed E-state index contributed by atoms with van der Waals surface area (Å²) in [7, 11) is -3.82. The predicted molar refractivity (Wildman–Crippen MR) is 94.0 cm³/mol. The molecule has 0 amide bonds. The Labute approximate surface area is 142 Å². The molecule has 2 aromatic carbocycles. The van der Waals surface area contributed by atoms with Gasteiger partial charge in [-0.15, -0.1) is 0 Å². The van der Waals surface area contributed by atoms with Gasteiger partial charge < -0.3 is 4.74 Å². The van der Waals surface area contributed by atoms with Gasteiger partial charge in [-0.1, -0.05) is 36.9 Å². The summed E-state index contributed by atoms with van der Waals surface area (Å²) in [6.07, 6.45) is 1.35. The van der Waals surface area contributed by atoms with Gasteiger partial charge in [0.1, 0.15) is 23.3 Å². The maximum atomic E-state index is 12.5. The van der Waals surface area contributed by atoms with Crippen LogP contribution in [-0.2, 0) is 9.84 Å². The summed E-state index contributed by atoms with van der Waals surface area (Å²) in [4.78, 5) is -0.205. The van der Waals surface area contributed by atoms with E-state index in [9.17, 15) is 13.7 Å². The Morgan fingerprint density at radius 1 is 1.17 bits per heavy atom. The van der Waals surface area contributed by atoms with Gasteiger partial charge in [0, 0.05) is 0 Å². The van der Waals surface area contributed by atoms with Gasteiger partial charge in [-0.2, -0.15) is 5.26 Å². The van der Waals surface area contributed by atoms with Gasteiger partial charge in [0.05, 0.1) is 4.90 Å². The molecule has 0 aliphatic carbocycles. The van der Waals surface area contributed by atoms with Gasteiger partial charge in [-0.05, 0) is 48.4 Å². The Kier molecular flexibility index (Phi) is 5.56. The molecule has 0 N–H and O–H groups in total. The molecule has 2 rings (SSSR count). The molecule has 122 valence electrons. The zero-order valence-electron chi connectivity index (χ0n) is 13.3. The van der Waals surface area contributed by atoms with Crippen LogP contribution in [0.1, 0.15) is 12.5 Å². The standard InChI is InChI=1S/C19H17NO3S/c1-15(2)14-23-17-10-8-16(9-11-17)12-19(13-20)24(21,22)18-6-4-3-5-7-18/h3-12H,1,14H2,2H3. The first kappa shape index (κ1) is 17.5. The second-order valence-electron chi connectivity index (χ2n) is 5.25. The number of hydrogen-bond acceptors (Lipinski definition) is 4. The molecule has 0 unspecified atom stereocenters. The van der Waals surface area contributed by atoms with E-state index in [0.29, 0.717) is 17.9 Å². The molecule has 0 fully saturated rings. The number of hydrogen-bond donors (Lipinski definition) is 0. The minimum absolute atomic E-state index is 0.0965. The third-order valence-corrected chi connectivity index (χ3v) is 4.80. The second kappa shape index (κ2) is 7.62. The van der Waals surface area contributed by atoms with Gasteiger partial charge in [0.2, 0.25) is 9.84 Å². The zero-order chi connectivity index (χ0) is 17.6. The summed E-state index contributed by atoms with van der Waals surface area (Å²) in [6.45, 7) is 6.04. The third-order valence-electron chi connectivity index (χ3n) is 3.12. The molecule has 0 aliphatic rings. The zero-order valence-corrected chi connectivity index (χ0v) is 14.1. The van der Waals surface area contributed by atoms with Gasteiger partial charge in [-0.3, -0.25) is 0 Å². The predicted octanol–water partition coefficient (Wildman–Crippen LogP) is 3.98. The van der Waals surface area contributed by atoms with E-state index in [1.165, 1.54) is 18.2 Å². The maximum Gasteiger partial charge on any atom is 0.216 e. The molecule has 24 heavy (non-hydrogen) atoms. The van der Waals surface area contributed by atoms with Crippen molar-refractivity contribution in [2.45, 2.75) is 11.8 Å². The Morgan fingerprint density at radius 3 is 2.33 bits per heavy atom. The minimum Gasteiger partial charge on any atom is -0.489 e. The van der Waals surface area contributed by atoms with Crippen LogP contribution in [-0.4, -0.2) is 15.0 Å². The van der Waals surface area contributed by atoms with Crippen molar-refractivity contribution in [1.29, 1.82) is 5.26 Å². The third kappa shape index (κ3) is 4.34. The van der Waals surface area contributed by atoms with E-state index in [2.05, 4.69) is 6.58 Å². The summed E-state index contributed by atoms with van der Waals surface area (Å²) >= 11 is 0. The van der Waals surface area contributed by atoms with E-state index < -0.39 is 9.84 Å². The normalized spacial score (nSPS) is 11.6. The molecular formula is C19H17NO3S. The van der Waals surface area contributed by atoms with Crippen molar-refractivity contribution in [3.8, 4) is 11.8 Å². The topological polar surface area (TPSA) is 67.2 Å². The molecule has 4 nitrogen and oxygen atoms in total. The van der Waals surface area contributed by atoms with Gasteiger partial charge in [0.25, 0.3) is 0 Å². The van der Waals surface area contributed by atoms with E-state index in [0.717, 1.165) is 5.57 Å². The van der Waals surface area contributed by atoms with Crippen molar-refractivity contribution < 1.29 is 13.2 Å². The van der Waals surface area contributed by atoms with Crippen LogP contribution in [0.3, 0.4) is 0 Å². The minimum atomic E-state index is -3.82. The maximum absolute atomic E-state index is 12.5. The van der Waals surface area contributed by atoms with Crippen LogP contribution < -0.4 is 4.74 Å². The van der Waals surface area contributed by atoms with Crippen LogP contribution in [0.4, 0.5) is 0 Å². The number of benzene rings is 2. The molecule has 0 aliphatic heterocycles. The monoisotopic (exact) mass is 339 g/mol.